The van der Waals surface area contributed by atoms with Gasteiger partial charge in [0.15, 0.2) is 6.10 Å². The van der Waals surface area contributed by atoms with Crippen molar-refractivity contribution in [1.29, 1.82) is 0 Å². The van der Waals surface area contributed by atoms with Crippen LogP contribution in [0, 0.1) is 17.5 Å². The van der Waals surface area contributed by atoms with Gasteiger partial charge in [0.2, 0.25) is 0 Å². The van der Waals surface area contributed by atoms with E-state index >= 15 is 0 Å². The van der Waals surface area contributed by atoms with Gasteiger partial charge >= 0.3 is 5.97 Å². The number of anilines is 1. The highest BCUT2D eigenvalue weighted by molar-refractivity contribution is 5.95. The van der Waals surface area contributed by atoms with Gasteiger partial charge in [0.1, 0.15) is 23.1 Å². The highest BCUT2D eigenvalue weighted by atomic mass is 19.1. The molecule has 0 unspecified atom stereocenters. The maximum Gasteiger partial charge on any atom is 0.306 e. The van der Waals surface area contributed by atoms with Crippen LogP contribution in [0.4, 0.5) is 18.9 Å². The van der Waals surface area contributed by atoms with Crippen LogP contribution >= 0.6 is 0 Å². The number of aryl methyl sites for hydroxylation is 1. The lowest BCUT2D eigenvalue weighted by molar-refractivity contribution is -0.153. The van der Waals surface area contributed by atoms with Gasteiger partial charge in [-0.3, -0.25) is 9.59 Å². The second kappa shape index (κ2) is 8.32. The largest absolute Gasteiger partial charge is 0.453 e. The second-order valence-corrected chi connectivity index (χ2v) is 5.34. The van der Waals surface area contributed by atoms with Crippen molar-refractivity contribution in [2.75, 3.05) is 5.32 Å². The van der Waals surface area contributed by atoms with E-state index in [1.165, 1.54) is 25.1 Å². The van der Waals surface area contributed by atoms with Gasteiger partial charge in [-0.2, -0.15) is 0 Å². The van der Waals surface area contributed by atoms with Crippen molar-refractivity contribution in [3.63, 3.8) is 0 Å². The predicted octanol–water partition coefficient (Wildman–Crippen LogP) is 3.61. The number of rotatable bonds is 6. The average Bonchev–Trinajstić information content (AvgIpc) is 2.57. The molecule has 1 N–H and O–H groups in total. The SMILES string of the molecule is C[C@@H](OC(=O)CCc1ccc(F)cc1)C(=O)Nc1c(F)cccc1F. The molecular formula is C18H16F3NO3. The van der Waals surface area contributed by atoms with E-state index in [-0.39, 0.29) is 12.2 Å². The Bertz CT molecular complexity index is 742. The second-order valence-electron chi connectivity index (χ2n) is 5.34. The lowest BCUT2D eigenvalue weighted by Crippen LogP contribution is -2.30. The molecule has 0 heterocycles. The molecule has 2 aromatic rings. The molecule has 2 aromatic carbocycles. The number of nitrogens with one attached hydrogen (secondary N) is 1. The quantitative estimate of drug-likeness (QED) is 0.809. The van der Waals surface area contributed by atoms with Crippen molar-refractivity contribution in [1.82, 2.24) is 0 Å². The number of halogens is 3. The zero-order valence-corrected chi connectivity index (χ0v) is 13.4. The summed E-state index contributed by atoms with van der Waals surface area (Å²) in [4.78, 5) is 23.7. The Hall–Kier alpha value is -2.83. The average molecular weight is 351 g/mol. The van der Waals surface area contributed by atoms with Gasteiger partial charge < -0.3 is 10.1 Å². The van der Waals surface area contributed by atoms with Crippen LogP contribution in [0.1, 0.15) is 18.9 Å². The van der Waals surface area contributed by atoms with Gasteiger partial charge in [0, 0.05) is 6.42 Å². The summed E-state index contributed by atoms with van der Waals surface area (Å²) < 4.78 is 44.7. The number of amides is 1. The van der Waals surface area contributed by atoms with Crippen LogP contribution in [0.25, 0.3) is 0 Å². The fourth-order valence-corrected chi connectivity index (χ4v) is 2.05. The number of para-hydroxylation sites is 1. The number of hydrogen-bond acceptors (Lipinski definition) is 3. The van der Waals surface area contributed by atoms with E-state index < -0.39 is 35.3 Å². The van der Waals surface area contributed by atoms with Crippen LogP contribution in [0.5, 0.6) is 0 Å². The van der Waals surface area contributed by atoms with Crippen LogP contribution in [0.3, 0.4) is 0 Å². The summed E-state index contributed by atoms with van der Waals surface area (Å²) in [5.74, 6) is -3.73. The molecule has 0 aliphatic heterocycles. The van der Waals surface area contributed by atoms with E-state index in [0.717, 1.165) is 17.7 Å². The monoisotopic (exact) mass is 351 g/mol. The molecule has 0 aromatic heterocycles. The highest BCUT2D eigenvalue weighted by Gasteiger charge is 2.20. The zero-order valence-electron chi connectivity index (χ0n) is 13.4. The standard InChI is InChI=1S/C18H16F3NO3/c1-11(18(24)22-17-14(20)3-2-4-15(17)21)25-16(23)10-7-12-5-8-13(19)9-6-12/h2-6,8-9,11H,7,10H2,1H3,(H,22,24)/t11-/m1/s1. The maximum atomic E-state index is 13.5. The number of carbonyl (C=O) groups excluding carboxylic acids is 2. The summed E-state index contributed by atoms with van der Waals surface area (Å²) in [6.45, 7) is 1.30. The van der Waals surface area contributed by atoms with E-state index in [4.69, 9.17) is 4.74 Å². The fraction of sp³-hybridized carbons (Fsp3) is 0.222. The molecule has 0 saturated carbocycles. The molecule has 0 fully saturated rings. The van der Waals surface area contributed by atoms with Crippen molar-refractivity contribution < 1.29 is 27.5 Å². The minimum absolute atomic E-state index is 0.0166. The molecule has 1 atom stereocenters. The maximum absolute atomic E-state index is 13.5. The minimum atomic E-state index is -1.22. The Morgan fingerprint density at radius 3 is 2.24 bits per heavy atom. The van der Waals surface area contributed by atoms with Gasteiger partial charge in [0.05, 0.1) is 0 Å². The molecule has 0 aliphatic rings. The normalized spacial score (nSPS) is 11.7. The molecular weight excluding hydrogens is 335 g/mol. The van der Waals surface area contributed by atoms with Crippen molar-refractivity contribution in [3.05, 3.63) is 65.5 Å². The van der Waals surface area contributed by atoms with Crippen LogP contribution in [0.15, 0.2) is 42.5 Å². The molecule has 0 spiro atoms. The Labute approximate surface area is 142 Å². The minimum Gasteiger partial charge on any atom is -0.453 e. The summed E-state index contributed by atoms with van der Waals surface area (Å²) in [6.07, 6.45) is -0.924. The number of hydrogen-bond donors (Lipinski definition) is 1. The first-order valence-corrected chi connectivity index (χ1v) is 7.55. The predicted molar refractivity (Wildman–Crippen MR) is 85.3 cm³/mol. The van der Waals surface area contributed by atoms with Crippen molar-refractivity contribution in [3.8, 4) is 0 Å². The molecule has 25 heavy (non-hydrogen) atoms. The third-order valence-corrected chi connectivity index (χ3v) is 3.42. The van der Waals surface area contributed by atoms with E-state index in [1.807, 2.05) is 0 Å². The molecule has 0 saturated heterocycles. The molecule has 0 bridgehead atoms. The van der Waals surface area contributed by atoms with Crippen LogP contribution < -0.4 is 5.32 Å². The van der Waals surface area contributed by atoms with Gasteiger partial charge in [-0.15, -0.1) is 0 Å². The molecule has 132 valence electrons. The summed E-state index contributed by atoms with van der Waals surface area (Å²) >= 11 is 0. The number of ether oxygens (including phenoxy) is 1. The molecule has 0 radical (unpaired) electrons. The van der Waals surface area contributed by atoms with Gasteiger partial charge in [-0.05, 0) is 43.2 Å². The lowest BCUT2D eigenvalue weighted by atomic mass is 10.1. The lowest BCUT2D eigenvalue weighted by Gasteiger charge is -2.14. The first-order chi connectivity index (χ1) is 11.9. The number of esters is 1. The Morgan fingerprint density at radius 2 is 1.64 bits per heavy atom. The zero-order chi connectivity index (χ0) is 18.4. The van der Waals surface area contributed by atoms with Crippen LogP contribution in [-0.4, -0.2) is 18.0 Å². The summed E-state index contributed by atoms with van der Waals surface area (Å²) in [7, 11) is 0. The van der Waals surface area contributed by atoms with Crippen LogP contribution in [0.2, 0.25) is 0 Å². The highest BCUT2D eigenvalue weighted by Crippen LogP contribution is 2.18. The molecule has 7 heteroatoms. The molecule has 0 aliphatic carbocycles. The van der Waals surface area contributed by atoms with E-state index in [9.17, 15) is 22.8 Å². The Kier molecular flexibility index (Phi) is 6.16. The first-order valence-electron chi connectivity index (χ1n) is 7.55. The molecule has 2 rings (SSSR count). The third kappa shape index (κ3) is 5.34. The topological polar surface area (TPSA) is 55.4 Å². The first kappa shape index (κ1) is 18.5. The van der Waals surface area contributed by atoms with E-state index in [1.54, 1.807) is 12.1 Å². The van der Waals surface area contributed by atoms with Crippen molar-refractivity contribution >= 4 is 17.6 Å². The summed E-state index contributed by atoms with van der Waals surface area (Å²) in [5.41, 5.74) is 0.144. The fourth-order valence-electron chi connectivity index (χ4n) is 2.05. The number of benzene rings is 2. The van der Waals surface area contributed by atoms with Crippen molar-refractivity contribution in [2.45, 2.75) is 25.9 Å². The summed E-state index contributed by atoms with van der Waals surface area (Å²) in [5, 5.41) is 2.06. The van der Waals surface area contributed by atoms with E-state index in [0.29, 0.717) is 6.42 Å². The Balaban J connectivity index is 1.85. The van der Waals surface area contributed by atoms with Gasteiger partial charge in [-0.1, -0.05) is 18.2 Å². The van der Waals surface area contributed by atoms with Crippen molar-refractivity contribution in [2.24, 2.45) is 0 Å². The smallest absolute Gasteiger partial charge is 0.306 e. The van der Waals surface area contributed by atoms with Gasteiger partial charge in [0.25, 0.3) is 5.91 Å². The molecule has 1 amide bonds. The molecule has 4 nitrogen and oxygen atoms in total. The van der Waals surface area contributed by atoms with E-state index in [2.05, 4.69) is 5.32 Å². The third-order valence-electron chi connectivity index (χ3n) is 3.42. The summed E-state index contributed by atoms with van der Waals surface area (Å²) in [6, 6.07) is 8.80. The van der Waals surface area contributed by atoms with Gasteiger partial charge in [-0.25, -0.2) is 13.2 Å². The van der Waals surface area contributed by atoms with Crippen LogP contribution in [-0.2, 0) is 20.7 Å². The number of carbonyl (C=O) groups is 2. The Morgan fingerprint density at radius 1 is 1.04 bits per heavy atom.